The fourth-order valence-corrected chi connectivity index (χ4v) is 2.05. The summed E-state index contributed by atoms with van der Waals surface area (Å²) < 4.78 is 0. The highest BCUT2D eigenvalue weighted by Gasteiger charge is 2.22. The summed E-state index contributed by atoms with van der Waals surface area (Å²) in [5.41, 5.74) is 1.01. The van der Waals surface area contributed by atoms with Gasteiger partial charge in [-0.1, -0.05) is 11.6 Å². The number of rotatable bonds is 4. The van der Waals surface area contributed by atoms with Crippen molar-refractivity contribution in [2.75, 3.05) is 32.0 Å². The Labute approximate surface area is 117 Å². The molecular formula is C13H15ClN4O. The summed E-state index contributed by atoms with van der Waals surface area (Å²) in [4.78, 5) is 13.9. The van der Waals surface area contributed by atoms with Gasteiger partial charge in [0.1, 0.15) is 6.07 Å². The van der Waals surface area contributed by atoms with Crippen molar-refractivity contribution in [2.45, 2.75) is 6.04 Å². The summed E-state index contributed by atoms with van der Waals surface area (Å²) in [6, 6.07) is 7.26. The number of halogens is 1. The van der Waals surface area contributed by atoms with Gasteiger partial charge in [0.2, 0.25) is 5.91 Å². The predicted octanol–water partition coefficient (Wildman–Crippen LogP) is 1.05. The van der Waals surface area contributed by atoms with E-state index in [0.29, 0.717) is 28.9 Å². The van der Waals surface area contributed by atoms with E-state index in [9.17, 15) is 4.79 Å². The third kappa shape index (κ3) is 3.44. The number of hydrogen-bond donors (Lipinski definition) is 2. The van der Waals surface area contributed by atoms with E-state index in [1.165, 1.54) is 0 Å². The SMILES string of the molecule is CN(CC(=O)Nc1ccc(C#N)c(Cl)c1)C1CNC1. The van der Waals surface area contributed by atoms with Crippen LogP contribution in [0.4, 0.5) is 5.69 Å². The van der Waals surface area contributed by atoms with Crippen molar-refractivity contribution in [3.63, 3.8) is 0 Å². The molecule has 19 heavy (non-hydrogen) atoms. The molecule has 1 amide bonds. The molecule has 1 saturated heterocycles. The van der Waals surface area contributed by atoms with Gasteiger partial charge in [0.25, 0.3) is 0 Å². The van der Waals surface area contributed by atoms with Gasteiger partial charge >= 0.3 is 0 Å². The molecule has 0 unspecified atom stereocenters. The smallest absolute Gasteiger partial charge is 0.238 e. The van der Waals surface area contributed by atoms with Gasteiger partial charge in [-0.25, -0.2) is 0 Å². The van der Waals surface area contributed by atoms with Crippen molar-refractivity contribution in [2.24, 2.45) is 0 Å². The van der Waals surface area contributed by atoms with Crippen molar-refractivity contribution in [3.8, 4) is 6.07 Å². The predicted molar refractivity (Wildman–Crippen MR) is 74.1 cm³/mol. The molecule has 1 aliphatic heterocycles. The maximum atomic E-state index is 11.9. The number of hydrogen-bond acceptors (Lipinski definition) is 4. The molecule has 1 fully saturated rings. The summed E-state index contributed by atoms with van der Waals surface area (Å²) in [7, 11) is 1.93. The van der Waals surface area contributed by atoms with Crippen LogP contribution >= 0.6 is 11.6 Å². The van der Waals surface area contributed by atoms with Crippen LogP contribution in [0.2, 0.25) is 5.02 Å². The van der Waals surface area contributed by atoms with Crippen molar-refractivity contribution < 1.29 is 4.79 Å². The van der Waals surface area contributed by atoms with Crippen molar-refractivity contribution in [3.05, 3.63) is 28.8 Å². The first-order valence-electron chi connectivity index (χ1n) is 6.00. The Morgan fingerprint density at radius 3 is 2.89 bits per heavy atom. The highest BCUT2D eigenvalue weighted by molar-refractivity contribution is 6.32. The van der Waals surface area contributed by atoms with E-state index in [-0.39, 0.29) is 5.91 Å². The second kappa shape index (κ2) is 6.02. The third-order valence-electron chi connectivity index (χ3n) is 3.15. The normalized spacial score (nSPS) is 14.8. The second-order valence-corrected chi connectivity index (χ2v) is 4.99. The van der Waals surface area contributed by atoms with Gasteiger partial charge in [0.05, 0.1) is 17.1 Å². The van der Waals surface area contributed by atoms with Crippen molar-refractivity contribution in [1.82, 2.24) is 10.2 Å². The van der Waals surface area contributed by atoms with Crippen molar-refractivity contribution in [1.29, 1.82) is 5.26 Å². The summed E-state index contributed by atoms with van der Waals surface area (Å²) in [5, 5.41) is 15.1. The first-order chi connectivity index (χ1) is 9.10. The molecule has 0 radical (unpaired) electrons. The van der Waals surface area contributed by atoms with Crippen LogP contribution in [0.3, 0.4) is 0 Å². The van der Waals surface area contributed by atoms with Crippen LogP contribution in [0, 0.1) is 11.3 Å². The maximum Gasteiger partial charge on any atom is 0.238 e. The molecule has 1 aliphatic rings. The third-order valence-corrected chi connectivity index (χ3v) is 3.46. The Kier molecular flexibility index (Phi) is 4.38. The zero-order chi connectivity index (χ0) is 13.8. The van der Waals surface area contributed by atoms with E-state index in [4.69, 9.17) is 16.9 Å². The molecular weight excluding hydrogens is 264 g/mol. The molecule has 1 aromatic carbocycles. The minimum atomic E-state index is -0.0878. The lowest BCUT2D eigenvalue weighted by molar-refractivity contribution is -0.117. The average molecular weight is 279 g/mol. The summed E-state index contributed by atoms with van der Waals surface area (Å²) in [6.45, 7) is 2.18. The molecule has 2 rings (SSSR count). The lowest BCUT2D eigenvalue weighted by Crippen LogP contribution is -2.57. The van der Waals surface area contributed by atoms with Crippen LogP contribution in [0.1, 0.15) is 5.56 Å². The lowest BCUT2D eigenvalue weighted by atomic mass is 10.1. The van der Waals surface area contributed by atoms with Crippen LogP contribution in [0.15, 0.2) is 18.2 Å². The van der Waals surface area contributed by atoms with E-state index in [1.807, 2.05) is 18.0 Å². The quantitative estimate of drug-likeness (QED) is 0.864. The molecule has 100 valence electrons. The fraction of sp³-hybridized carbons (Fsp3) is 0.385. The molecule has 1 aromatic rings. The van der Waals surface area contributed by atoms with Gasteiger partial charge in [-0.2, -0.15) is 5.26 Å². The van der Waals surface area contributed by atoms with Crippen LogP contribution in [-0.4, -0.2) is 43.5 Å². The molecule has 6 heteroatoms. The van der Waals surface area contributed by atoms with Crippen LogP contribution in [0.25, 0.3) is 0 Å². The highest BCUT2D eigenvalue weighted by Crippen LogP contribution is 2.20. The lowest BCUT2D eigenvalue weighted by Gasteiger charge is -2.35. The van der Waals surface area contributed by atoms with Crippen LogP contribution < -0.4 is 10.6 Å². The molecule has 0 aliphatic carbocycles. The zero-order valence-corrected chi connectivity index (χ0v) is 11.4. The van der Waals surface area contributed by atoms with Crippen molar-refractivity contribution >= 4 is 23.2 Å². The minimum Gasteiger partial charge on any atom is -0.325 e. The van der Waals surface area contributed by atoms with Gasteiger partial charge in [-0.15, -0.1) is 0 Å². The molecule has 2 N–H and O–H groups in total. The Morgan fingerprint density at radius 2 is 2.37 bits per heavy atom. The van der Waals surface area contributed by atoms with E-state index in [1.54, 1.807) is 18.2 Å². The largest absolute Gasteiger partial charge is 0.325 e. The Hall–Kier alpha value is -1.61. The summed E-state index contributed by atoms with van der Waals surface area (Å²) in [5.74, 6) is -0.0878. The number of likely N-dealkylation sites (N-methyl/N-ethyl adjacent to an activating group) is 1. The molecule has 0 aromatic heterocycles. The van der Waals surface area contributed by atoms with Crippen LogP contribution in [0.5, 0.6) is 0 Å². The number of nitrogens with zero attached hydrogens (tertiary/aromatic N) is 2. The van der Waals surface area contributed by atoms with Gasteiger partial charge in [-0.05, 0) is 25.2 Å². The molecule has 0 bridgehead atoms. The molecule has 5 nitrogen and oxygen atoms in total. The number of amides is 1. The Bertz CT molecular complexity index is 522. The van der Waals surface area contributed by atoms with Gasteiger partial charge < -0.3 is 10.6 Å². The fourth-order valence-electron chi connectivity index (χ4n) is 1.82. The maximum absolute atomic E-state index is 11.9. The highest BCUT2D eigenvalue weighted by atomic mass is 35.5. The average Bonchev–Trinajstić information content (AvgIpc) is 2.26. The topological polar surface area (TPSA) is 68.2 Å². The summed E-state index contributed by atoms with van der Waals surface area (Å²) >= 11 is 5.91. The first kappa shape index (κ1) is 13.8. The van der Waals surface area contributed by atoms with Crippen LogP contribution in [-0.2, 0) is 4.79 Å². The standard InChI is InChI=1S/C13H15ClN4O/c1-18(11-6-16-7-11)8-13(19)17-10-3-2-9(5-15)12(14)4-10/h2-4,11,16H,6-8H2,1H3,(H,17,19). The Balaban J connectivity index is 1.91. The van der Waals surface area contributed by atoms with Gasteiger partial charge in [0, 0.05) is 24.8 Å². The molecule has 1 heterocycles. The minimum absolute atomic E-state index is 0.0878. The number of nitrogens with one attached hydrogen (secondary N) is 2. The molecule has 0 saturated carbocycles. The number of carbonyl (C=O) groups excluding carboxylic acids is 1. The number of nitriles is 1. The van der Waals surface area contributed by atoms with Gasteiger partial charge in [0.15, 0.2) is 0 Å². The molecule has 0 atom stereocenters. The molecule has 0 spiro atoms. The van der Waals surface area contributed by atoms with Gasteiger partial charge in [-0.3, -0.25) is 9.69 Å². The Morgan fingerprint density at radius 1 is 1.63 bits per heavy atom. The monoisotopic (exact) mass is 278 g/mol. The number of anilines is 1. The van der Waals surface area contributed by atoms with E-state index in [2.05, 4.69) is 10.6 Å². The van der Waals surface area contributed by atoms with E-state index in [0.717, 1.165) is 13.1 Å². The first-order valence-corrected chi connectivity index (χ1v) is 6.38. The van der Waals surface area contributed by atoms with E-state index < -0.39 is 0 Å². The van der Waals surface area contributed by atoms with E-state index >= 15 is 0 Å². The number of benzene rings is 1. The number of carbonyl (C=O) groups is 1. The second-order valence-electron chi connectivity index (χ2n) is 4.58. The summed E-state index contributed by atoms with van der Waals surface area (Å²) in [6.07, 6.45) is 0. The zero-order valence-electron chi connectivity index (χ0n) is 10.6.